The van der Waals surface area contributed by atoms with Gasteiger partial charge in [-0.05, 0) is 37.1 Å². The molecule has 2 aliphatic rings. The van der Waals surface area contributed by atoms with Crippen molar-refractivity contribution in [3.63, 3.8) is 0 Å². The zero-order chi connectivity index (χ0) is 13.6. The smallest absolute Gasteiger partial charge is 0.0594 e. The van der Waals surface area contributed by atoms with Crippen molar-refractivity contribution in [1.29, 1.82) is 0 Å². The lowest BCUT2D eigenvalue weighted by molar-refractivity contribution is 0.0342. The van der Waals surface area contributed by atoms with E-state index in [-0.39, 0.29) is 0 Å². The van der Waals surface area contributed by atoms with Crippen molar-refractivity contribution in [2.75, 3.05) is 39.4 Å². The number of hydrogen-bond acceptors (Lipinski definition) is 3. The van der Waals surface area contributed by atoms with Crippen LogP contribution in [0.5, 0.6) is 0 Å². The van der Waals surface area contributed by atoms with Gasteiger partial charge in [-0.3, -0.25) is 9.80 Å². The Labute approximate surface area is 122 Å². The molecule has 2 heterocycles. The highest BCUT2D eigenvalue weighted by Crippen LogP contribution is 2.14. The van der Waals surface area contributed by atoms with Gasteiger partial charge in [0.2, 0.25) is 0 Å². The maximum atomic E-state index is 5.39. The number of ether oxygens (including phenoxy) is 1. The Kier molecular flexibility index (Phi) is 5.06. The Morgan fingerprint density at radius 1 is 0.700 bits per heavy atom. The third-order valence-corrected chi connectivity index (χ3v) is 4.39. The molecule has 0 bridgehead atoms. The van der Waals surface area contributed by atoms with Crippen LogP contribution in [-0.4, -0.2) is 49.2 Å². The van der Waals surface area contributed by atoms with Crippen LogP contribution in [0.15, 0.2) is 24.3 Å². The Bertz CT molecular complexity index is 353. The van der Waals surface area contributed by atoms with Crippen LogP contribution in [0.1, 0.15) is 30.4 Å². The summed E-state index contributed by atoms with van der Waals surface area (Å²) >= 11 is 0. The molecule has 0 saturated carbocycles. The number of morpholine rings is 1. The number of nitrogens with zero attached hydrogens (tertiary/aromatic N) is 2. The molecule has 0 atom stereocenters. The van der Waals surface area contributed by atoms with Crippen LogP contribution in [0.2, 0.25) is 0 Å². The molecule has 20 heavy (non-hydrogen) atoms. The van der Waals surface area contributed by atoms with Gasteiger partial charge in [-0.25, -0.2) is 0 Å². The molecule has 3 rings (SSSR count). The van der Waals surface area contributed by atoms with E-state index in [1.54, 1.807) is 0 Å². The Morgan fingerprint density at radius 2 is 1.20 bits per heavy atom. The summed E-state index contributed by atoms with van der Waals surface area (Å²) in [4.78, 5) is 5.06. The topological polar surface area (TPSA) is 15.7 Å². The summed E-state index contributed by atoms with van der Waals surface area (Å²) < 4.78 is 5.39. The molecule has 2 fully saturated rings. The highest BCUT2D eigenvalue weighted by Gasteiger charge is 2.12. The molecule has 0 spiro atoms. The SMILES string of the molecule is c1cc(CN2CCOCC2)ccc1CN1CCCCC1. The van der Waals surface area contributed by atoms with Crippen molar-refractivity contribution in [1.82, 2.24) is 9.80 Å². The minimum Gasteiger partial charge on any atom is -0.379 e. The number of piperidine rings is 1. The van der Waals surface area contributed by atoms with Crippen LogP contribution < -0.4 is 0 Å². The Hall–Kier alpha value is -0.900. The maximum absolute atomic E-state index is 5.39. The van der Waals surface area contributed by atoms with E-state index in [1.165, 1.54) is 43.5 Å². The van der Waals surface area contributed by atoms with E-state index in [0.29, 0.717) is 0 Å². The molecule has 3 heteroatoms. The van der Waals surface area contributed by atoms with Crippen LogP contribution >= 0.6 is 0 Å². The van der Waals surface area contributed by atoms with Gasteiger partial charge in [0, 0.05) is 26.2 Å². The minimum atomic E-state index is 0.882. The van der Waals surface area contributed by atoms with Gasteiger partial charge in [-0.2, -0.15) is 0 Å². The lowest BCUT2D eigenvalue weighted by Gasteiger charge is -2.27. The fraction of sp³-hybridized carbons (Fsp3) is 0.647. The Morgan fingerprint density at radius 3 is 1.75 bits per heavy atom. The summed E-state index contributed by atoms with van der Waals surface area (Å²) in [6.07, 6.45) is 4.15. The van der Waals surface area contributed by atoms with Crippen LogP contribution in [0.4, 0.5) is 0 Å². The van der Waals surface area contributed by atoms with E-state index in [0.717, 1.165) is 39.4 Å². The third-order valence-electron chi connectivity index (χ3n) is 4.39. The van der Waals surface area contributed by atoms with Crippen molar-refractivity contribution in [3.05, 3.63) is 35.4 Å². The van der Waals surface area contributed by atoms with E-state index >= 15 is 0 Å². The van der Waals surface area contributed by atoms with Crippen molar-refractivity contribution >= 4 is 0 Å². The van der Waals surface area contributed by atoms with Crippen molar-refractivity contribution in [3.8, 4) is 0 Å². The lowest BCUT2D eigenvalue weighted by atomic mass is 10.1. The highest BCUT2D eigenvalue weighted by atomic mass is 16.5. The molecule has 1 aromatic rings. The zero-order valence-electron chi connectivity index (χ0n) is 12.4. The summed E-state index contributed by atoms with van der Waals surface area (Å²) in [5.74, 6) is 0. The standard InChI is InChI=1S/C17H26N2O/c1-2-8-18(9-3-1)14-16-4-6-17(7-5-16)15-19-10-12-20-13-11-19/h4-7H,1-3,8-15H2. The number of benzene rings is 1. The first-order valence-corrected chi connectivity index (χ1v) is 8.00. The van der Waals surface area contributed by atoms with Gasteiger partial charge in [0.05, 0.1) is 13.2 Å². The van der Waals surface area contributed by atoms with Crippen LogP contribution in [0, 0.1) is 0 Å². The van der Waals surface area contributed by atoms with E-state index < -0.39 is 0 Å². The molecule has 3 nitrogen and oxygen atoms in total. The first kappa shape index (κ1) is 14.1. The van der Waals surface area contributed by atoms with E-state index in [4.69, 9.17) is 4.74 Å². The second kappa shape index (κ2) is 7.21. The zero-order valence-corrected chi connectivity index (χ0v) is 12.4. The van der Waals surface area contributed by atoms with Gasteiger partial charge in [0.15, 0.2) is 0 Å². The molecule has 0 unspecified atom stereocenters. The minimum absolute atomic E-state index is 0.882. The quantitative estimate of drug-likeness (QED) is 0.839. The number of likely N-dealkylation sites (tertiary alicyclic amines) is 1. The molecule has 0 radical (unpaired) electrons. The van der Waals surface area contributed by atoms with E-state index in [9.17, 15) is 0 Å². The number of rotatable bonds is 4. The highest BCUT2D eigenvalue weighted by molar-refractivity contribution is 5.22. The van der Waals surface area contributed by atoms with Gasteiger partial charge >= 0.3 is 0 Å². The van der Waals surface area contributed by atoms with Gasteiger partial charge < -0.3 is 4.74 Å². The largest absolute Gasteiger partial charge is 0.379 e. The molecule has 0 aromatic heterocycles. The normalized spacial score (nSPS) is 22.0. The predicted octanol–water partition coefficient (Wildman–Crippen LogP) is 2.50. The van der Waals surface area contributed by atoms with Crippen molar-refractivity contribution < 1.29 is 4.74 Å². The predicted molar refractivity (Wildman–Crippen MR) is 81.7 cm³/mol. The van der Waals surface area contributed by atoms with Crippen LogP contribution in [0.25, 0.3) is 0 Å². The average Bonchev–Trinajstić information content (AvgIpc) is 2.51. The first-order chi connectivity index (χ1) is 9.90. The molecule has 110 valence electrons. The lowest BCUT2D eigenvalue weighted by Crippen LogP contribution is -2.35. The second-order valence-electron chi connectivity index (χ2n) is 6.04. The maximum Gasteiger partial charge on any atom is 0.0594 e. The van der Waals surface area contributed by atoms with Gasteiger partial charge in [-0.15, -0.1) is 0 Å². The van der Waals surface area contributed by atoms with Crippen molar-refractivity contribution in [2.24, 2.45) is 0 Å². The molecule has 0 aliphatic carbocycles. The summed E-state index contributed by atoms with van der Waals surface area (Å²) in [5.41, 5.74) is 2.88. The summed E-state index contributed by atoms with van der Waals surface area (Å²) in [6.45, 7) is 8.63. The fourth-order valence-electron chi connectivity index (χ4n) is 3.14. The molecular formula is C17H26N2O. The molecule has 2 saturated heterocycles. The molecule has 0 N–H and O–H groups in total. The van der Waals surface area contributed by atoms with Gasteiger partial charge in [-0.1, -0.05) is 30.7 Å². The summed E-state index contributed by atoms with van der Waals surface area (Å²) in [6, 6.07) is 9.22. The average molecular weight is 274 g/mol. The number of hydrogen-bond donors (Lipinski definition) is 0. The molecular weight excluding hydrogens is 248 g/mol. The second-order valence-corrected chi connectivity index (χ2v) is 6.04. The van der Waals surface area contributed by atoms with Gasteiger partial charge in [0.25, 0.3) is 0 Å². The fourth-order valence-corrected chi connectivity index (χ4v) is 3.14. The monoisotopic (exact) mass is 274 g/mol. The summed E-state index contributed by atoms with van der Waals surface area (Å²) in [7, 11) is 0. The molecule has 2 aliphatic heterocycles. The third kappa shape index (κ3) is 4.05. The first-order valence-electron chi connectivity index (χ1n) is 8.00. The Balaban J connectivity index is 1.51. The van der Waals surface area contributed by atoms with Crippen molar-refractivity contribution in [2.45, 2.75) is 32.4 Å². The van der Waals surface area contributed by atoms with E-state index in [1.807, 2.05) is 0 Å². The molecule has 1 aromatic carbocycles. The molecule has 0 amide bonds. The van der Waals surface area contributed by atoms with Crippen LogP contribution in [-0.2, 0) is 17.8 Å². The van der Waals surface area contributed by atoms with E-state index in [2.05, 4.69) is 34.1 Å². The summed E-state index contributed by atoms with van der Waals surface area (Å²) in [5, 5.41) is 0. The van der Waals surface area contributed by atoms with Crippen LogP contribution in [0.3, 0.4) is 0 Å². The van der Waals surface area contributed by atoms with Gasteiger partial charge in [0.1, 0.15) is 0 Å².